The van der Waals surface area contributed by atoms with Gasteiger partial charge in [-0.1, -0.05) is 11.8 Å². The van der Waals surface area contributed by atoms with Gasteiger partial charge in [0.05, 0.1) is 42.2 Å². The van der Waals surface area contributed by atoms with Crippen molar-refractivity contribution in [3.8, 4) is 0 Å². The number of rotatable bonds is 5. The average Bonchev–Trinajstić information content (AvgIpc) is 3.18. The zero-order chi connectivity index (χ0) is 23.2. The molecule has 0 N–H and O–H groups in total. The van der Waals surface area contributed by atoms with Gasteiger partial charge in [-0.15, -0.1) is 11.3 Å². The Kier molecular flexibility index (Phi) is 6.19. The molecule has 176 valence electrons. The predicted octanol–water partition coefficient (Wildman–Crippen LogP) is 3.97. The molecule has 2 aliphatic heterocycles. The number of carbonyl (C=O) groups excluding carboxylic acids is 1. The van der Waals surface area contributed by atoms with Crippen molar-refractivity contribution >= 4 is 55.3 Å². The van der Waals surface area contributed by atoms with E-state index in [0.29, 0.717) is 26.4 Å². The number of thioether (sulfide) groups is 1. The summed E-state index contributed by atoms with van der Waals surface area (Å²) in [6.07, 6.45) is 2.37. The Morgan fingerprint density at radius 1 is 1.30 bits per heavy atom. The highest BCUT2D eigenvalue weighted by atomic mass is 32.2. The molecule has 3 aromatic heterocycles. The predicted molar refractivity (Wildman–Crippen MR) is 130 cm³/mol. The van der Waals surface area contributed by atoms with Crippen molar-refractivity contribution in [3.05, 3.63) is 17.5 Å². The number of pyridine rings is 1. The van der Waals surface area contributed by atoms with Gasteiger partial charge < -0.3 is 19.1 Å². The Hall–Kier alpha value is -2.01. The first-order chi connectivity index (χ1) is 15.9. The zero-order valence-electron chi connectivity index (χ0n) is 19.3. The number of hydrogen-bond acceptors (Lipinski definition) is 10. The number of ether oxygens (including phenoxy) is 3. The maximum absolute atomic E-state index is 12.2. The Bertz CT molecular complexity index is 1210. The molecule has 8 nitrogen and oxygen atoms in total. The monoisotopic (exact) mass is 488 g/mol. The van der Waals surface area contributed by atoms with Crippen molar-refractivity contribution in [2.45, 2.75) is 56.6 Å². The molecule has 1 fully saturated rings. The van der Waals surface area contributed by atoms with Crippen LogP contribution in [-0.2, 0) is 32.0 Å². The molecule has 10 heteroatoms. The van der Waals surface area contributed by atoms with Gasteiger partial charge in [0, 0.05) is 30.5 Å². The van der Waals surface area contributed by atoms with Crippen molar-refractivity contribution in [3.63, 3.8) is 0 Å². The van der Waals surface area contributed by atoms with Crippen LogP contribution in [0.4, 0.5) is 5.82 Å². The molecule has 1 saturated heterocycles. The molecule has 0 radical (unpaired) electrons. The van der Waals surface area contributed by atoms with Crippen LogP contribution >= 0.6 is 23.1 Å². The SMILES string of the molecule is CCOC(=O)[C@H](C)Sc1ncnc2c1sc1nc(N3CCOCC3)c3c(c12)CC(C)(C)OC3. The second-order valence-corrected chi connectivity index (χ2v) is 11.2. The van der Waals surface area contributed by atoms with Crippen LogP contribution in [-0.4, -0.2) is 64.7 Å². The molecule has 33 heavy (non-hydrogen) atoms. The summed E-state index contributed by atoms with van der Waals surface area (Å²) in [7, 11) is 0. The molecule has 1 atom stereocenters. The van der Waals surface area contributed by atoms with Crippen LogP contribution in [0, 0.1) is 0 Å². The number of nitrogens with zero attached hydrogens (tertiary/aromatic N) is 4. The number of esters is 1. The van der Waals surface area contributed by atoms with E-state index in [1.165, 1.54) is 17.3 Å². The van der Waals surface area contributed by atoms with E-state index < -0.39 is 0 Å². The lowest BCUT2D eigenvalue weighted by molar-refractivity contribution is -0.142. The largest absolute Gasteiger partial charge is 0.465 e. The van der Waals surface area contributed by atoms with Crippen molar-refractivity contribution in [2.24, 2.45) is 0 Å². The highest BCUT2D eigenvalue weighted by Gasteiger charge is 2.33. The van der Waals surface area contributed by atoms with Gasteiger partial charge in [-0.05, 0) is 33.3 Å². The second-order valence-electron chi connectivity index (χ2n) is 8.87. The van der Waals surface area contributed by atoms with Crippen LogP contribution in [0.5, 0.6) is 0 Å². The van der Waals surface area contributed by atoms with Crippen molar-refractivity contribution in [1.82, 2.24) is 15.0 Å². The molecular weight excluding hydrogens is 460 g/mol. The van der Waals surface area contributed by atoms with Crippen LogP contribution in [0.1, 0.15) is 38.8 Å². The number of morpholine rings is 1. The first kappa shape index (κ1) is 22.8. The summed E-state index contributed by atoms with van der Waals surface area (Å²) >= 11 is 3.01. The van der Waals surface area contributed by atoms with Gasteiger partial charge in [0.25, 0.3) is 0 Å². The van der Waals surface area contributed by atoms with Gasteiger partial charge in [0.1, 0.15) is 27.3 Å². The van der Waals surface area contributed by atoms with Crippen LogP contribution in [0.3, 0.4) is 0 Å². The first-order valence-electron chi connectivity index (χ1n) is 11.3. The Labute approximate surface area is 201 Å². The molecule has 0 amide bonds. The molecule has 0 unspecified atom stereocenters. The summed E-state index contributed by atoms with van der Waals surface area (Å²) in [5.41, 5.74) is 3.05. The van der Waals surface area contributed by atoms with E-state index in [1.807, 2.05) is 13.8 Å². The maximum Gasteiger partial charge on any atom is 0.319 e. The average molecular weight is 489 g/mol. The maximum atomic E-state index is 12.2. The van der Waals surface area contributed by atoms with Crippen LogP contribution in [0.15, 0.2) is 11.4 Å². The number of aromatic nitrogens is 3. The van der Waals surface area contributed by atoms with Gasteiger partial charge in [-0.3, -0.25) is 4.79 Å². The standard InChI is InChI=1S/C23H28N4O4S2/c1-5-30-22(28)13(2)32-21-18-17(24-12-25-21)16-14-10-23(3,4)31-11-15(14)19(26-20(16)33-18)27-6-8-29-9-7-27/h12-13H,5-11H2,1-4H3/t13-/m0/s1. The molecule has 0 aromatic carbocycles. The fourth-order valence-corrected chi connectivity index (χ4v) is 6.48. The fraction of sp³-hybridized carbons (Fsp3) is 0.565. The van der Waals surface area contributed by atoms with E-state index in [1.54, 1.807) is 17.7 Å². The molecule has 0 saturated carbocycles. The van der Waals surface area contributed by atoms with Gasteiger partial charge in [-0.2, -0.15) is 0 Å². The first-order valence-corrected chi connectivity index (χ1v) is 13.0. The molecule has 3 aromatic rings. The molecule has 0 bridgehead atoms. The van der Waals surface area contributed by atoms with E-state index in [2.05, 4.69) is 28.7 Å². The molecule has 0 aliphatic carbocycles. The number of thiophene rings is 1. The molecule has 5 heterocycles. The van der Waals surface area contributed by atoms with Gasteiger partial charge in [0.2, 0.25) is 0 Å². The molecule has 5 rings (SSSR count). The third kappa shape index (κ3) is 4.29. The van der Waals surface area contributed by atoms with Gasteiger partial charge in [0.15, 0.2) is 0 Å². The molecular formula is C23H28N4O4S2. The lowest BCUT2D eigenvalue weighted by atomic mass is 9.90. The summed E-state index contributed by atoms with van der Waals surface area (Å²) in [5.74, 6) is 0.754. The Morgan fingerprint density at radius 3 is 2.85 bits per heavy atom. The van der Waals surface area contributed by atoms with Crippen LogP contribution in [0.25, 0.3) is 20.4 Å². The van der Waals surface area contributed by atoms with Crippen molar-refractivity contribution < 1.29 is 19.0 Å². The zero-order valence-corrected chi connectivity index (χ0v) is 21.0. The Morgan fingerprint density at radius 2 is 2.09 bits per heavy atom. The number of carbonyl (C=O) groups is 1. The van der Waals surface area contributed by atoms with Crippen molar-refractivity contribution in [2.75, 3.05) is 37.8 Å². The summed E-state index contributed by atoms with van der Waals surface area (Å²) in [6, 6.07) is 0. The van der Waals surface area contributed by atoms with Gasteiger partial charge in [-0.25, -0.2) is 15.0 Å². The van der Waals surface area contributed by atoms with Crippen molar-refractivity contribution in [1.29, 1.82) is 0 Å². The number of hydrogen-bond donors (Lipinski definition) is 0. The summed E-state index contributed by atoms with van der Waals surface area (Å²) in [5, 5.41) is 1.52. The quantitative estimate of drug-likeness (QED) is 0.301. The minimum atomic E-state index is -0.355. The summed E-state index contributed by atoms with van der Waals surface area (Å²) in [6.45, 7) is 11.8. The van der Waals surface area contributed by atoms with Crippen LogP contribution < -0.4 is 4.90 Å². The molecule has 2 aliphatic rings. The van der Waals surface area contributed by atoms with Gasteiger partial charge >= 0.3 is 5.97 Å². The summed E-state index contributed by atoms with van der Waals surface area (Å²) in [4.78, 5) is 29.8. The topological polar surface area (TPSA) is 86.7 Å². The third-order valence-electron chi connectivity index (χ3n) is 5.99. The van der Waals surface area contributed by atoms with E-state index in [0.717, 1.165) is 56.4 Å². The smallest absolute Gasteiger partial charge is 0.319 e. The number of fused-ring (bicyclic) bond motifs is 5. The van der Waals surface area contributed by atoms with E-state index in [4.69, 9.17) is 19.2 Å². The lowest BCUT2D eigenvalue weighted by Crippen LogP contribution is -2.39. The lowest BCUT2D eigenvalue weighted by Gasteiger charge is -2.36. The third-order valence-corrected chi connectivity index (χ3v) is 8.28. The Balaban J connectivity index is 1.66. The molecule has 0 spiro atoms. The normalized spacial score (nSPS) is 19.0. The second kappa shape index (κ2) is 8.98. The summed E-state index contributed by atoms with van der Waals surface area (Å²) < 4.78 is 17.9. The highest BCUT2D eigenvalue weighted by molar-refractivity contribution is 8.00. The fourth-order valence-electron chi connectivity index (χ4n) is 4.36. The highest BCUT2D eigenvalue weighted by Crippen LogP contribution is 2.44. The van der Waals surface area contributed by atoms with Crippen LogP contribution in [0.2, 0.25) is 0 Å². The number of anilines is 1. The van der Waals surface area contributed by atoms with E-state index in [-0.39, 0.29) is 16.8 Å². The van der Waals surface area contributed by atoms with E-state index in [9.17, 15) is 4.79 Å². The van der Waals surface area contributed by atoms with E-state index >= 15 is 0 Å². The minimum Gasteiger partial charge on any atom is -0.465 e. The minimum absolute atomic E-state index is 0.237.